The van der Waals surface area contributed by atoms with E-state index in [2.05, 4.69) is 32.3 Å². The fraction of sp³-hybridized carbons (Fsp3) is 0.231. The van der Waals surface area contributed by atoms with Crippen LogP contribution in [0.15, 0.2) is 53.1 Å². The van der Waals surface area contributed by atoms with Crippen LogP contribution in [0.2, 0.25) is 5.02 Å². The fourth-order valence-electron chi connectivity index (χ4n) is 4.47. The van der Waals surface area contributed by atoms with E-state index in [4.69, 9.17) is 23.8 Å². The van der Waals surface area contributed by atoms with Crippen molar-refractivity contribution in [3.63, 3.8) is 0 Å². The van der Waals surface area contributed by atoms with E-state index in [1.165, 1.54) is 21.8 Å². The topological polar surface area (TPSA) is 110 Å². The maximum absolute atomic E-state index is 15.4. The molecule has 190 valence electrons. The molecular weight excluding hydrogens is 565 g/mol. The standard InChI is InChI=1S/C26H22BrClFN5O3/c1-3-20-14(2)11-21(34(20)22(35)13-33-12-17(27)24(32-33)25(30)36)26(37)31-19-10-6-8-16(23(19)29)15-7-4-5-9-18(15)28/h1,4-10,12,14,20-21H,11,13H2,2H3,(H2,30,36)(H,31,37). The maximum Gasteiger partial charge on any atom is 0.270 e. The van der Waals surface area contributed by atoms with Gasteiger partial charge in [0.15, 0.2) is 11.5 Å². The van der Waals surface area contributed by atoms with Gasteiger partial charge in [-0.15, -0.1) is 6.42 Å². The van der Waals surface area contributed by atoms with E-state index in [-0.39, 0.29) is 35.8 Å². The Kier molecular flexibility index (Phi) is 7.66. The summed E-state index contributed by atoms with van der Waals surface area (Å²) in [5.41, 5.74) is 5.92. The first kappa shape index (κ1) is 26.4. The first-order valence-corrected chi connectivity index (χ1v) is 12.4. The van der Waals surface area contributed by atoms with Crippen molar-refractivity contribution in [2.24, 2.45) is 11.7 Å². The van der Waals surface area contributed by atoms with Gasteiger partial charge < -0.3 is 16.0 Å². The van der Waals surface area contributed by atoms with Gasteiger partial charge in [0, 0.05) is 22.3 Å². The molecule has 3 unspecified atom stereocenters. The van der Waals surface area contributed by atoms with Crippen LogP contribution in [-0.2, 0) is 16.1 Å². The molecule has 1 saturated heterocycles. The monoisotopic (exact) mass is 585 g/mol. The fourth-order valence-corrected chi connectivity index (χ4v) is 5.22. The third-order valence-corrected chi connectivity index (χ3v) is 7.11. The number of nitrogens with zero attached hydrogens (tertiary/aromatic N) is 3. The largest absolute Gasteiger partial charge is 0.364 e. The summed E-state index contributed by atoms with van der Waals surface area (Å²) in [5.74, 6) is -0.0669. The Labute approximate surface area is 226 Å². The van der Waals surface area contributed by atoms with E-state index in [1.807, 2.05) is 6.92 Å². The highest BCUT2D eigenvalue weighted by Crippen LogP contribution is 2.34. The van der Waals surface area contributed by atoms with Crippen molar-refractivity contribution in [3.05, 3.63) is 69.7 Å². The number of carbonyl (C=O) groups excluding carboxylic acids is 3. The zero-order valence-electron chi connectivity index (χ0n) is 19.6. The molecule has 2 heterocycles. The van der Waals surface area contributed by atoms with Crippen LogP contribution >= 0.6 is 27.5 Å². The van der Waals surface area contributed by atoms with Crippen molar-refractivity contribution in [2.75, 3.05) is 5.32 Å². The molecule has 0 aliphatic carbocycles. The number of likely N-dealkylation sites (tertiary alicyclic amines) is 1. The molecule has 0 spiro atoms. The Bertz CT molecular complexity index is 1440. The average molecular weight is 587 g/mol. The van der Waals surface area contributed by atoms with Crippen LogP contribution in [0.3, 0.4) is 0 Å². The lowest BCUT2D eigenvalue weighted by Gasteiger charge is -2.28. The lowest BCUT2D eigenvalue weighted by Crippen LogP contribution is -2.48. The van der Waals surface area contributed by atoms with E-state index in [0.29, 0.717) is 15.1 Å². The third-order valence-electron chi connectivity index (χ3n) is 6.20. The van der Waals surface area contributed by atoms with Gasteiger partial charge in [0.05, 0.1) is 16.2 Å². The summed E-state index contributed by atoms with van der Waals surface area (Å²) >= 11 is 9.42. The SMILES string of the molecule is C#CC1C(C)CC(C(=O)Nc2cccc(-c3ccccc3Cl)c2F)N1C(=O)Cn1cc(Br)c(C(N)=O)n1. The van der Waals surface area contributed by atoms with Gasteiger partial charge in [0.1, 0.15) is 12.6 Å². The summed E-state index contributed by atoms with van der Waals surface area (Å²) < 4.78 is 17.0. The minimum atomic E-state index is -0.943. The number of benzene rings is 2. The lowest BCUT2D eigenvalue weighted by atomic mass is 10.0. The number of nitrogens with two attached hydrogens (primary N) is 1. The molecule has 8 nitrogen and oxygen atoms in total. The first-order valence-electron chi connectivity index (χ1n) is 11.3. The van der Waals surface area contributed by atoms with Gasteiger partial charge in [-0.25, -0.2) is 4.39 Å². The number of amides is 3. The van der Waals surface area contributed by atoms with Gasteiger partial charge in [0.25, 0.3) is 5.91 Å². The number of nitrogens with one attached hydrogen (secondary N) is 1. The Morgan fingerprint density at radius 3 is 2.59 bits per heavy atom. The first-order chi connectivity index (χ1) is 17.6. The highest BCUT2D eigenvalue weighted by molar-refractivity contribution is 9.10. The van der Waals surface area contributed by atoms with Gasteiger partial charge in [0.2, 0.25) is 11.8 Å². The molecule has 1 aliphatic heterocycles. The molecule has 0 bridgehead atoms. The van der Waals surface area contributed by atoms with Gasteiger partial charge in [-0.2, -0.15) is 5.10 Å². The van der Waals surface area contributed by atoms with E-state index < -0.39 is 35.6 Å². The number of primary amides is 1. The quantitative estimate of drug-likeness (QED) is 0.424. The zero-order chi connectivity index (χ0) is 26.9. The Balaban J connectivity index is 1.59. The molecule has 1 fully saturated rings. The summed E-state index contributed by atoms with van der Waals surface area (Å²) in [6.45, 7) is 1.56. The number of hydrogen-bond acceptors (Lipinski definition) is 4. The molecule has 0 saturated carbocycles. The van der Waals surface area contributed by atoms with Gasteiger partial charge in [-0.1, -0.05) is 54.8 Å². The molecule has 1 aromatic heterocycles. The van der Waals surface area contributed by atoms with Gasteiger partial charge >= 0.3 is 0 Å². The molecule has 0 radical (unpaired) electrons. The minimum absolute atomic E-state index is 0.0285. The summed E-state index contributed by atoms with van der Waals surface area (Å²) in [7, 11) is 0. The number of hydrogen-bond donors (Lipinski definition) is 2. The second-order valence-electron chi connectivity index (χ2n) is 8.66. The number of carbonyl (C=O) groups is 3. The van der Waals surface area contributed by atoms with Crippen molar-refractivity contribution < 1.29 is 18.8 Å². The summed E-state index contributed by atoms with van der Waals surface area (Å²) in [6.07, 6.45) is 7.43. The Hall–Kier alpha value is -3.68. The van der Waals surface area contributed by atoms with Crippen LogP contribution in [-0.4, -0.2) is 44.5 Å². The Morgan fingerprint density at radius 2 is 1.95 bits per heavy atom. The zero-order valence-corrected chi connectivity index (χ0v) is 22.0. The van der Waals surface area contributed by atoms with Gasteiger partial charge in [-0.05, 0) is 40.4 Å². The molecule has 4 rings (SSSR count). The molecule has 37 heavy (non-hydrogen) atoms. The molecular formula is C26H22BrClFN5O3. The average Bonchev–Trinajstić information content (AvgIpc) is 3.39. The number of anilines is 1. The minimum Gasteiger partial charge on any atom is -0.364 e. The van der Waals surface area contributed by atoms with Crippen molar-refractivity contribution >= 4 is 50.9 Å². The normalized spacial score (nSPS) is 18.9. The van der Waals surface area contributed by atoms with E-state index in [9.17, 15) is 14.4 Å². The van der Waals surface area contributed by atoms with E-state index in [1.54, 1.807) is 36.4 Å². The summed E-state index contributed by atoms with van der Waals surface area (Å²) in [4.78, 5) is 39.5. The molecule has 11 heteroatoms. The van der Waals surface area contributed by atoms with Crippen LogP contribution in [0, 0.1) is 24.1 Å². The summed E-state index contributed by atoms with van der Waals surface area (Å²) in [5, 5.41) is 7.00. The molecule has 1 aliphatic rings. The lowest BCUT2D eigenvalue weighted by molar-refractivity contribution is -0.138. The van der Waals surface area contributed by atoms with Crippen LogP contribution in [0.5, 0.6) is 0 Å². The number of halogens is 3. The van der Waals surface area contributed by atoms with E-state index in [0.717, 1.165) is 0 Å². The van der Waals surface area contributed by atoms with Crippen LogP contribution in [0.25, 0.3) is 11.1 Å². The van der Waals surface area contributed by atoms with Crippen LogP contribution in [0.4, 0.5) is 10.1 Å². The van der Waals surface area contributed by atoms with Crippen molar-refractivity contribution in [3.8, 4) is 23.5 Å². The van der Waals surface area contributed by atoms with Crippen LogP contribution < -0.4 is 11.1 Å². The molecule has 3 amide bonds. The van der Waals surface area contributed by atoms with Crippen molar-refractivity contribution in [1.29, 1.82) is 0 Å². The highest BCUT2D eigenvalue weighted by atomic mass is 79.9. The predicted molar refractivity (Wildman–Crippen MR) is 141 cm³/mol. The smallest absolute Gasteiger partial charge is 0.270 e. The number of aromatic nitrogens is 2. The van der Waals surface area contributed by atoms with Crippen molar-refractivity contribution in [1.82, 2.24) is 14.7 Å². The molecule has 3 N–H and O–H groups in total. The predicted octanol–water partition coefficient (Wildman–Crippen LogP) is 4.08. The van der Waals surface area contributed by atoms with E-state index >= 15 is 4.39 Å². The summed E-state index contributed by atoms with van der Waals surface area (Å²) in [6, 6.07) is 9.81. The van der Waals surface area contributed by atoms with Crippen molar-refractivity contribution in [2.45, 2.75) is 32.0 Å². The highest BCUT2D eigenvalue weighted by Gasteiger charge is 2.44. The molecule has 3 atom stereocenters. The second kappa shape index (κ2) is 10.7. The number of terminal acetylenes is 1. The molecule has 2 aromatic carbocycles. The Morgan fingerprint density at radius 1 is 1.24 bits per heavy atom. The maximum atomic E-state index is 15.4. The molecule has 3 aromatic rings. The second-order valence-corrected chi connectivity index (χ2v) is 9.93. The number of rotatable bonds is 6. The van der Waals surface area contributed by atoms with Crippen LogP contribution in [0.1, 0.15) is 23.8 Å². The third kappa shape index (κ3) is 5.24. The van der Waals surface area contributed by atoms with Gasteiger partial charge in [-0.3, -0.25) is 19.1 Å².